The molecule has 3 rings (SSSR count). The summed E-state index contributed by atoms with van der Waals surface area (Å²) in [6.07, 6.45) is 0. The van der Waals surface area contributed by atoms with E-state index < -0.39 is 5.54 Å². The molecule has 0 saturated heterocycles. The van der Waals surface area contributed by atoms with E-state index in [1.165, 1.54) is 11.3 Å². The number of halogens is 1. The van der Waals surface area contributed by atoms with Crippen molar-refractivity contribution in [2.75, 3.05) is 6.54 Å². The van der Waals surface area contributed by atoms with Crippen LogP contribution < -0.4 is 11.1 Å². The zero-order chi connectivity index (χ0) is 15.7. The number of para-hydroxylation sites is 1. The predicted molar refractivity (Wildman–Crippen MR) is 101 cm³/mol. The number of hydrogen-bond acceptors (Lipinski definition) is 5. The highest BCUT2D eigenvalue weighted by molar-refractivity contribution is 7.26. The lowest BCUT2D eigenvalue weighted by Gasteiger charge is -2.23. The first kappa shape index (κ1) is 17.9. The Balaban J connectivity index is 0.00000192. The molecule has 0 bridgehead atoms. The molecule has 0 radical (unpaired) electrons. The van der Waals surface area contributed by atoms with E-state index in [1.807, 2.05) is 44.2 Å². The van der Waals surface area contributed by atoms with Gasteiger partial charge < -0.3 is 11.1 Å². The van der Waals surface area contributed by atoms with Gasteiger partial charge in [-0.1, -0.05) is 12.1 Å². The van der Waals surface area contributed by atoms with Crippen LogP contribution in [0.25, 0.3) is 20.1 Å². The van der Waals surface area contributed by atoms with E-state index in [9.17, 15) is 4.79 Å². The minimum absolute atomic E-state index is 0. The first-order valence-corrected chi connectivity index (χ1v) is 8.60. The Morgan fingerprint density at radius 2 is 1.96 bits per heavy atom. The fourth-order valence-corrected chi connectivity index (χ4v) is 3.89. The molecule has 0 fully saturated rings. The van der Waals surface area contributed by atoms with Crippen molar-refractivity contribution in [3.05, 3.63) is 41.3 Å². The van der Waals surface area contributed by atoms with Gasteiger partial charge in [-0.15, -0.1) is 35.1 Å². The third-order valence-electron chi connectivity index (χ3n) is 3.30. The molecule has 2 aromatic heterocycles. The molecule has 1 aromatic carbocycles. The summed E-state index contributed by atoms with van der Waals surface area (Å²) in [6, 6.07) is 11.8. The van der Waals surface area contributed by atoms with Gasteiger partial charge >= 0.3 is 0 Å². The van der Waals surface area contributed by atoms with E-state index in [4.69, 9.17) is 5.73 Å². The summed E-state index contributed by atoms with van der Waals surface area (Å²) in [7, 11) is 0. The second-order valence-electron chi connectivity index (χ2n) is 5.69. The number of carbonyl (C=O) groups is 1. The third-order valence-corrected chi connectivity index (χ3v) is 5.59. The molecule has 0 saturated carbocycles. The average molecular weight is 368 g/mol. The van der Waals surface area contributed by atoms with Gasteiger partial charge in [-0.25, -0.2) is 4.98 Å². The summed E-state index contributed by atoms with van der Waals surface area (Å²) < 4.78 is 1.15. The van der Waals surface area contributed by atoms with Crippen LogP contribution in [-0.4, -0.2) is 23.0 Å². The average Bonchev–Trinajstić information content (AvgIpc) is 3.13. The van der Waals surface area contributed by atoms with Gasteiger partial charge in [0.25, 0.3) is 5.91 Å². The van der Waals surface area contributed by atoms with Crippen molar-refractivity contribution in [3.8, 4) is 9.88 Å². The van der Waals surface area contributed by atoms with Crippen LogP contribution in [0, 0.1) is 0 Å². The Morgan fingerprint density at radius 3 is 2.65 bits per heavy atom. The summed E-state index contributed by atoms with van der Waals surface area (Å²) in [5.41, 5.74) is 6.24. The van der Waals surface area contributed by atoms with Gasteiger partial charge in [0.1, 0.15) is 5.01 Å². The zero-order valence-corrected chi connectivity index (χ0v) is 15.3. The minimum Gasteiger partial charge on any atom is -0.345 e. The van der Waals surface area contributed by atoms with E-state index in [-0.39, 0.29) is 18.3 Å². The van der Waals surface area contributed by atoms with Crippen LogP contribution in [0.15, 0.2) is 36.4 Å². The highest BCUT2D eigenvalue weighted by Gasteiger charge is 2.21. The van der Waals surface area contributed by atoms with Crippen LogP contribution in [0.2, 0.25) is 0 Å². The van der Waals surface area contributed by atoms with Gasteiger partial charge in [-0.3, -0.25) is 4.79 Å². The number of thiazole rings is 1. The minimum atomic E-state index is -0.406. The molecule has 0 aliphatic heterocycles. The first-order valence-electron chi connectivity index (χ1n) is 6.97. The predicted octanol–water partition coefficient (Wildman–Crippen LogP) is 3.91. The van der Waals surface area contributed by atoms with Crippen molar-refractivity contribution in [2.45, 2.75) is 19.4 Å². The smallest absolute Gasteiger partial charge is 0.261 e. The Morgan fingerprint density at radius 1 is 1.22 bits per heavy atom. The molecule has 23 heavy (non-hydrogen) atoms. The van der Waals surface area contributed by atoms with Crippen LogP contribution in [0.3, 0.4) is 0 Å². The molecule has 3 aromatic rings. The fraction of sp³-hybridized carbons (Fsp3) is 0.250. The van der Waals surface area contributed by atoms with E-state index in [0.717, 1.165) is 20.1 Å². The SMILES string of the molecule is CC(C)(CN)NC(=O)c1ccc(-c2nc3ccccc3s2)s1.Cl. The largest absolute Gasteiger partial charge is 0.345 e. The van der Waals surface area contributed by atoms with Crippen molar-refractivity contribution in [1.29, 1.82) is 0 Å². The lowest BCUT2D eigenvalue weighted by Crippen LogP contribution is -2.48. The van der Waals surface area contributed by atoms with Crippen LogP contribution in [0.5, 0.6) is 0 Å². The third kappa shape index (κ3) is 3.90. The van der Waals surface area contributed by atoms with Crippen LogP contribution >= 0.6 is 35.1 Å². The number of hydrogen-bond donors (Lipinski definition) is 2. The number of thiophene rings is 1. The summed E-state index contributed by atoms with van der Waals surface area (Å²) >= 11 is 3.10. The van der Waals surface area contributed by atoms with Gasteiger partial charge in [-0.05, 0) is 38.1 Å². The number of nitrogens with two attached hydrogens (primary N) is 1. The van der Waals surface area contributed by atoms with Gasteiger partial charge in [0.2, 0.25) is 0 Å². The van der Waals surface area contributed by atoms with Crippen LogP contribution in [0.4, 0.5) is 0 Å². The molecule has 7 heteroatoms. The van der Waals surface area contributed by atoms with Gasteiger partial charge in [0, 0.05) is 12.1 Å². The maximum Gasteiger partial charge on any atom is 0.261 e. The molecule has 122 valence electrons. The Bertz CT molecular complexity index is 792. The highest BCUT2D eigenvalue weighted by Crippen LogP contribution is 2.34. The molecule has 0 aliphatic rings. The Kier molecular flexibility index (Phi) is 5.41. The zero-order valence-electron chi connectivity index (χ0n) is 12.8. The summed E-state index contributed by atoms with van der Waals surface area (Å²) in [5, 5.41) is 3.89. The normalized spacial score (nSPS) is 11.3. The van der Waals surface area contributed by atoms with Crippen molar-refractivity contribution in [2.24, 2.45) is 5.73 Å². The lowest BCUT2D eigenvalue weighted by molar-refractivity contribution is 0.0920. The molecule has 0 aliphatic carbocycles. The second-order valence-corrected chi connectivity index (χ2v) is 7.81. The maximum atomic E-state index is 12.3. The standard InChI is InChI=1S/C16H17N3OS2.ClH/c1-16(2,9-17)19-14(20)12-7-8-13(21-12)15-18-10-5-3-4-6-11(10)22-15;/h3-8H,9,17H2,1-2H3,(H,19,20);1H. The second kappa shape index (κ2) is 6.97. The van der Waals surface area contributed by atoms with Gasteiger partial charge in [-0.2, -0.15) is 0 Å². The molecule has 0 atom stereocenters. The number of amides is 1. The first-order chi connectivity index (χ1) is 10.5. The number of benzene rings is 1. The van der Waals surface area contributed by atoms with Gasteiger partial charge in [0.15, 0.2) is 0 Å². The van der Waals surface area contributed by atoms with Crippen LogP contribution in [-0.2, 0) is 0 Å². The number of carbonyl (C=O) groups excluding carboxylic acids is 1. The van der Waals surface area contributed by atoms with Crippen molar-refractivity contribution >= 4 is 51.2 Å². The molecule has 4 nitrogen and oxygen atoms in total. The van der Waals surface area contributed by atoms with Crippen LogP contribution in [0.1, 0.15) is 23.5 Å². The molecule has 3 N–H and O–H groups in total. The van der Waals surface area contributed by atoms with Crippen molar-refractivity contribution < 1.29 is 4.79 Å². The van der Waals surface area contributed by atoms with E-state index in [0.29, 0.717) is 11.4 Å². The van der Waals surface area contributed by atoms with E-state index in [1.54, 1.807) is 11.3 Å². The number of nitrogens with one attached hydrogen (secondary N) is 1. The van der Waals surface area contributed by atoms with E-state index in [2.05, 4.69) is 16.4 Å². The summed E-state index contributed by atoms with van der Waals surface area (Å²) in [6.45, 7) is 4.22. The van der Waals surface area contributed by atoms with Crippen molar-refractivity contribution in [3.63, 3.8) is 0 Å². The lowest BCUT2D eigenvalue weighted by atomic mass is 10.1. The number of rotatable bonds is 4. The molecular weight excluding hydrogens is 350 g/mol. The van der Waals surface area contributed by atoms with Crippen molar-refractivity contribution in [1.82, 2.24) is 10.3 Å². The topological polar surface area (TPSA) is 68.0 Å². The molecular formula is C16H18ClN3OS2. The van der Waals surface area contributed by atoms with E-state index >= 15 is 0 Å². The molecule has 0 spiro atoms. The summed E-state index contributed by atoms with van der Waals surface area (Å²) in [4.78, 5) is 18.6. The monoisotopic (exact) mass is 367 g/mol. The Labute approximate surface area is 149 Å². The number of aromatic nitrogens is 1. The maximum absolute atomic E-state index is 12.3. The summed E-state index contributed by atoms with van der Waals surface area (Å²) in [5.74, 6) is -0.0900. The quantitative estimate of drug-likeness (QED) is 0.734. The molecule has 2 heterocycles. The highest BCUT2D eigenvalue weighted by atomic mass is 35.5. The number of fused-ring (bicyclic) bond motifs is 1. The number of nitrogens with zero attached hydrogens (tertiary/aromatic N) is 1. The van der Waals surface area contributed by atoms with Gasteiger partial charge in [0.05, 0.1) is 20.0 Å². The Hall–Kier alpha value is -1.47. The fourth-order valence-electron chi connectivity index (χ4n) is 1.97. The molecule has 1 amide bonds. The molecule has 0 unspecified atom stereocenters.